The number of hydrogen-bond acceptors (Lipinski definition) is 1. The fourth-order valence-electron chi connectivity index (χ4n) is 1.95. The summed E-state index contributed by atoms with van der Waals surface area (Å²) in [5, 5.41) is 0.703. The molecule has 98 valence electrons. The fraction of sp³-hybridized carbons (Fsp3) is 0. The molecule has 0 atom stereocenters. The molecule has 3 heteroatoms. The summed E-state index contributed by atoms with van der Waals surface area (Å²) >= 11 is 5.94. The van der Waals surface area contributed by atoms with E-state index in [1.807, 2.05) is 65.4 Å². The van der Waals surface area contributed by atoms with Crippen molar-refractivity contribution in [2.45, 2.75) is 0 Å². The molecule has 1 aromatic carbocycles. The molecule has 0 saturated carbocycles. The molecule has 2 heterocycles. The highest BCUT2D eigenvalue weighted by atomic mass is 35.5. The lowest BCUT2D eigenvalue weighted by molar-refractivity contribution is 1.19. The third-order valence-electron chi connectivity index (χ3n) is 2.90. The number of nitrogens with zero attached hydrogens (tertiary/aromatic N) is 2. The Morgan fingerprint density at radius 1 is 0.900 bits per heavy atom. The van der Waals surface area contributed by atoms with Crippen molar-refractivity contribution in [2.75, 3.05) is 0 Å². The van der Waals surface area contributed by atoms with Gasteiger partial charge in [0.15, 0.2) is 0 Å². The normalized spacial score (nSPS) is 11.8. The maximum atomic E-state index is 5.94. The van der Waals surface area contributed by atoms with Gasteiger partial charge in [-0.3, -0.25) is 0 Å². The number of halogens is 1. The lowest BCUT2D eigenvalue weighted by atomic mass is 10.2. The first-order valence-corrected chi connectivity index (χ1v) is 6.73. The van der Waals surface area contributed by atoms with Gasteiger partial charge in [0.25, 0.3) is 0 Å². The summed E-state index contributed by atoms with van der Waals surface area (Å²) in [6, 6.07) is 13.9. The van der Waals surface area contributed by atoms with Crippen LogP contribution in [0.3, 0.4) is 0 Å². The monoisotopic (exact) mass is 280 g/mol. The molecule has 0 unspecified atom stereocenters. The summed E-state index contributed by atoms with van der Waals surface area (Å²) in [5.74, 6) is 0. The van der Waals surface area contributed by atoms with Crippen LogP contribution in [-0.4, -0.2) is 9.38 Å². The topological polar surface area (TPSA) is 17.3 Å². The average Bonchev–Trinajstić information content (AvgIpc) is 2.86. The molecule has 3 rings (SSSR count). The van der Waals surface area contributed by atoms with E-state index in [0.29, 0.717) is 5.02 Å². The molecule has 0 N–H and O–H groups in total. The van der Waals surface area contributed by atoms with E-state index in [9.17, 15) is 0 Å². The number of aromatic nitrogens is 2. The van der Waals surface area contributed by atoms with Crippen molar-refractivity contribution < 1.29 is 0 Å². The molecule has 0 bridgehead atoms. The van der Waals surface area contributed by atoms with Crippen LogP contribution >= 0.6 is 11.6 Å². The zero-order chi connectivity index (χ0) is 13.8. The zero-order valence-corrected chi connectivity index (χ0v) is 11.5. The van der Waals surface area contributed by atoms with E-state index in [1.54, 1.807) is 0 Å². The SMILES string of the molecule is Clc1ccc2nc(/C=C/C=C/c3ccccc3)cn2c1. The molecule has 0 saturated heterocycles. The minimum absolute atomic E-state index is 0.703. The van der Waals surface area contributed by atoms with E-state index in [4.69, 9.17) is 11.6 Å². The van der Waals surface area contributed by atoms with Gasteiger partial charge in [-0.25, -0.2) is 4.98 Å². The van der Waals surface area contributed by atoms with Crippen LogP contribution in [-0.2, 0) is 0 Å². The summed E-state index contributed by atoms with van der Waals surface area (Å²) in [4.78, 5) is 4.48. The molecule has 0 spiro atoms. The Labute approximate surface area is 122 Å². The van der Waals surface area contributed by atoms with E-state index in [-0.39, 0.29) is 0 Å². The smallest absolute Gasteiger partial charge is 0.137 e. The van der Waals surface area contributed by atoms with Crippen molar-refractivity contribution in [3.63, 3.8) is 0 Å². The van der Waals surface area contributed by atoms with E-state index < -0.39 is 0 Å². The summed E-state index contributed by atoms with van der Waals surface area (Å²) in [6.07, 6.45) is 11.8. The van der Waals surface area contributed by atoms with Crippen molar-refractivity contribution in [1.82, 2.24) is 9.38 Å². The number of fused-ring (bicyclic) bond motifs is 1. The summed E-state index contributed by atoms with van der Waals surface area (Å²) in [7, 11) is 0. The van der Waals surface area contributed by atoms with Crippen molar-refractivity contribution in [3.8, 4) is 0 Å². The van der Waals surface area contributed by atoms with Crippen LogP contribution in [0.25, 0.3) is 17.8 Å². The third-order valence-corrected chi connectivity index (χ3v) is 3.12. The van der Waals surface area contributed by atoms with Gasteiger partial charge in [-0.15, -0.1) is 0 Å². The Morgan fingerprint density at radius 2 is 1.70 bits per heavy atom. The molecular weight excluding hydrogens is 268 g/mol. The number of imidazole rings is 1. The predicted octanol–water partition coefficient (Wildman–Crippen LogP) is 4.71. The van der Waals surface area contributed by atoms with Crippen LogP contribution in [0, 0.1) is 0 Å². The van der Waals surface area contributed by atoms with Gasteiger partial charge >= 0.3 is 0 Å². The Kier molecular flexibility index (Phi) is 3.66. The van der Waals surface area contributed by atoms with Crippen LogP contribution in [0.4, 0.5) is 0 Å². The standard InChI is InChI=1S/C17H13ClN2/c18-15-10-11-17-19-16(13-20(17)12-15)9-5-4-8-14-6-2-1-3-7-14/h1-13H/b8-4+,9-5+. The maximum Gasteiger partial charge on any atom is 0.137 e. The number of allylic oxidation sites excluding steroid dienone is 2. The summed E-state index contributed by atoms with van der Waals surface area (Å²) in [5.41, 5.74) is 2.98. The highest BCUT2D eigenvalue weighted by molar-refractivity contribution is 6.30. The van der Waals surface area contributed by atoms with Gasteiger partial charge in [0.2, 0.25) is 0 Å². The molecule has 0 aliphatic heterocycles. The minimum atomic E-state index is 0.703. The van der Waals surface area contributed by atoms with Crippen molar-refractivity contribution in [1.29, 1.82) is 0 Å². The van der Waals surface area contributed by atoms with E-state index in [0.717, 1.165) is 11.3 Å². The van der Waals surface area contributed by atoms with Gasteiger partial charge in [-0.2, -0.15) is 0 Å². The summed E-state index contributed by atoms with van der Waals surface area (Å²) in [6.45, 7) is 0. The molecule has 2 nitrogen and oxygen atoms in total. The lowest BCUT2D eigenvalue weighted by Crippen LogP contribution is -1.79. The molecule has 20 heavy (non-hydrogen) atoms. The van der Waals surface area contributed by atoms with Gasteiger partial charge in [-0.1, -0.05) is 60.2 Å². The predicted molar refractivity (Wildman–Crippen MR) is 84.7 cm³/mol. The Balaban J connectivity index is 1.76. The summed E-state index contributed by atoms with van der Waals surface area (Å²) < 4.78 is 1.92. The largest absolute Gasteiger partial charge is 0.305 e. The van der Waals surface area contributed by atoms with Gasteiger partial charge in [0.1, 0.15) is 5.65 Å². The number of pyridine rings is 1. The third kappa shape index (κ3) is 2.98. The van der Waals surface area contributed by atoms with Crippen LogP contribution in [0.1, 0.15) is 11.3 Å². The van der Waals surface area contributed by atoms with Crippen LogP contribution in [0.15, 0.2) is 67.0 Å². The second-order valence-corrected chi connectivity index (χ2v) is 4.84. The van der Waals surface area contributed by atoms with E-state index in [1.165, 1.54) is 5.56 Å². The molecule has 0 fully saturated rings. The maximum absolute atomic E-state index is 5.94. The van der Waals surface area contributed by atoms with E-state index >= 15 is 0 Å². The van der Waals surface area contributed by atoms with Crippen molar-refractivity contribution in [3.05, 3.63) is 83.3 Å². The Bertz CT molecular complexity index is 770. The van der Waals surface area contributed by atoms with Crippen LogP contribution in [0.2, 0.25) is 5.02 Å². The zero-order valence-electron chi connectivity index (χ0n) is 10.8. The molecule has 0 aliphatic rings. The first-order valence-electron chi connectivity index (χ1n) is 6.35. The van der Waals surface area contributed by atoms with Crippen molar-refractivity contribution >= 4 is 29.4 Å². The fourth-order valence-corrected chi connectivity index (χ4v) is 2.12. The van der Waals surface area contributed by atoms with Crippen LogP contribution in [0.5, 0.6) is 0 Å². The molecule has 3 aromatic rings. The van der Waals surface area contributed by atoms with Gasteiger partial charge in [0.05, 0.1) is 10.7 Å². The Hall–Kier alpha value is -2.32. The number of rotatable bonds is 3. The van der Waals surface area contributed by atoms with Gasteiger partial charge in [-0.05, 0) is 23.8 Å². The van der Waals surface area contributed by atoms with E-state index in [2.05, 4.69) is 23.2 Å². The van der Waals surface area contributed by atoms with Gasteiger partial charge < -0.3 is 4.40 Å². The molecule has 0 aliphatic carbocycles. The Morgan fingerprint density at radius 3 is 2.55 bits per heavy atom. The molecular formula is C17H13ClN2. The second kappa shape index (κ2) is 5.76. The first kappa shape index (κ1) is 12.7. The average molecular weight is 281 g/mol. The quantitative estimate of drug-likeness (QED) is 0.635. The van der Waals surface area contributed by atoms with Crippen molar-refractivity contribution in [2.24, 2.45) is 0 Å². The second-order valence-electron chi connectivity index (χ2n) is 4.41. The molecule has 0 amide bonds. The molecule has 0 radical (unpaired) electrons. The minimum Gasteiger partial charge on any atom is -0.305 e. The number of hydrogen-bond donors (Lipinski definition) is 0. The number of benzene rings is 1. The first-order chi connectivity index (χ1) is 9.81. The van der Waals surface area contributed by atoms with Crippen LogP contribution < -0.4 is 0 Å². The highest BCUT2D eigenvalue weighted by Gasteiger charge is 1.98. The van der Waals surface area contributed by atoms with Gasteiger partial charge in [0, 0.05) is 12.4 Å². The highest BCUT2D eigenvalue weighted by Crippen LogP contribution is 2.12. The molecule has 2 aromatic heterocycles. The lowest BCUT2D eigenvalue weighted by Gasteiger charge is -1.91.